The largest absolute Gasteiger partial charge is 0.493 e. The number of ether oxygens (including phenoxy) is 1. The van der Waals surface area contributed by atoms with Gasteiger partial charge in [0.1, 0.15) is 5.75 Å². The van der Waals surface area contributed by atoms with Crippen molar-refractivity contribution in [3.8, 4) is 5.75 Å². The van der Waals surface area contributed by atoms with Crippen molar-refractivity contribution in [3.63, 3.8) is 0 Å². The Balaban J connectivity index is 2.03. The van der Waals surface area contributed by atoms with Gasteiger partial charge in [-0.05, 0) is 70.0 Å². The standard InChI is InChI=1S/C23H32N2O6S2/c1-17-11-12-20(33(29,30)24-23(2,3)4)16-21(17)22(26)25(5)13-8-14-31-18-9-7-10-19(15-18)32(6,27)28/h7,9-12,15-16,24H,8,13-14H2,1-6H3. The number of sulfone groups is 1. The number of carbonyl (C=O) groups is 1. The number of aryl methyl sites for hydroxylation is 1. The molecule has 0 saturated carbocycles. The number of nitrogens with one attached hydrogen (secondary N) is 1. The Kier molecular flexibility index (Phi) is 8.32. The fourth-order valence-electron chi connectivity index (χ4n) is 3.05. The number of carbonyl (C=O) groups excluding carboxylic acids is 1. The van der Waals surface area contributed by atoms with Gasteiger partial charge in [0.05, 0.1) is 16.4 Å². The third-order valence-electron chi connectivity index (χ3n) is 4.68. The molecule has 0 aliphatic carbocycles. The molecule has 0 fully saturated rings. The lowest BCUT2D eigenvalue weighted by atomic mass is 10.1. The molecule has 1 amide bonds. The van der Waals surface area contributed by atoms with Crippen molar-refractivity contribution in [2.75, 3.05) is 26.5 Å². The van der Waals surface area contributed by atoms with Gasteiger partial charge in [0.15, 0.2) is 9.84 Å². The fourth-order valence-corrected chi connectivity index (χ4v) is 5.15. The summed E-state index contributed by atoms with van der Waals surface area (Å²) in [5.74, 6) is 0.145. The summed E-state index contributed by atoms with van der Waals surface area (Å²) in [7, 11) is -5.45. The van der Waals surface area contributed by atoms with Gasteiger partial charge in [0, 0.05) is 31.0 Å². The molecule has 0 atom stereocenters. The predicted octanol–water partition coefficient (Wildman–Crippen LogP) is 3.02. The van der Waals surface area contributed by atoms with Crippen LogP contribution in [-0.2, 0) is 19.9 Å². The number of hydrogen-bond acceptors (Lipinski definition) is 6. The van der Waals surface area contributed by atoms with Crippen LogP contribution in [0.3, 0.4) is 0 Å². The van der Waals surface area contributed by atoms with Crippen molar-refractivity contribution in [2.24, 2.45) is 0 Å². The zero-order valence-electron chi connectivity index (χ0n) is 19.9. The average Bonchev–Trinajstić information content (AvgIpc) is 2.68. The molecule has 2 aromatic rings. The number of benzene rings is 2. The van der Waals surface area contributed by atoms with Crippen molar-refractivity contribution in [1.29, 1.82) is 0 Å². The maximum absolute atomic E-state index is 13.0. The molecule has 0 unspecified atom stereocenters. The van der Waals surface area contributed by atoms with E-state index >= 15 is 0 Å². The van der Waals surface area contributed by atoms with E-state index in [4.69, 9.17) is 4.74 Å². The third-order valence-corrected chi connectivity index (χ3v) is 7.54. The summed E-state index contributed by atoms with van der Waals surface area (Å²) in [5, 5.41) is 0. The van der Waals surface area contributed by atoms with Gasteiger partial charge in [-0.2, -0.15) is 0 Å². The predicted molar refractivity (Wildman–Crippen MR) is 128 cm³/mol. The maximum Gasteiger partial charge on any atom is 0.253 e. The van der Waals surface area contributed by atoms with Crippen LogP contribution in [0, 0.1) is 6.92 Å². The van der Waals surface area contributed by atoms with Crippen LogP contribution in [0.25, 0.3) is 0 Å². The molecule has 0 bridgehead atoms. The third kappa shape index (κ3) is 7.83. The summed E-state index contributed by atoms with van der Waals surface area (Å²) >= 11 is 0. The van der Waals surface area contributed by atoms with Crippen LogP contribution in [0.5, 0.6) is 5.75 Å². The van der Waals surface area contributed by atoms with E-state index < -0.39 is 25.4 Å². The molecule has 0 heterocycles. The topological polar surface area (TPSA) is 110 Å². The monoisotopic (exact) mass is 496 g/mol. The highest BCUT2D eigenvalue weighted by Crippen LogP contribution is 2.20. The van der Waals surface area contributed by atoms with Crippen LogP contribution in [0.1, 0.15) is 43.1 Å². The van der Waals surface area contributed by atoms with E-state index in [1.807, 2.05) is 0 Å². The van der Waals surface area contributed by atoms with E-state index in [2.05, 4.69) is 4.72 Å². The Hall–Kier alpha value is -2.43. The van der Waals surface area contributed by atoms with E-state index in [0.29, 0.717) is 29.8 Å². The molecule has 0 spiro atoms. The lowest BCUT2D eigenvalue weighted by Crippen LogP contribution is -2.40. The molecule has 1 N–H and O–H groups in total. The first kappa shape index (κ1) is 26.8. The molecule has 10 heteroatoms. The normalized spacial score (nSPS) is 12.4. The second-order valence-electron chi connectivity index (χ2n) is 9.01. The van der Waals surface area contributed by atoms with Crippen LogP contribution in [0.4, 0.5) is 0 Å². The summed E-state index contributed by atoms with van der Waals surface area (Å²) in [6, 6.07) is 10.8. The minimum atomic E-state index is -3.77. The van der Waals surface area contributed by atoms with Crippen molar-refractivity contribution >= 4 is 25.8 Å². The van der Waals surface area contributed by atoms with Crippen molar-refractivity contribution in [2.45, 2.75) is 49.4 Å². The first-order valence-corrected chi connectivity index (χ1v) is 13.8. The van der Waals surface area contributed by atoms with Crippen LogP contribution >= 0.6 is 0 Å². The molecule has 182 valence electrons. The lowest BCUT2D eigenvalue weighted by Gasteiger charge is -2.22. The Bertz CT molecular complexity index is 1220. The molecular formula is C23H32N2O6S2. The zero-order chi connectivity index (χ0) is 25.0. The summed E-state index contributed by atoms with van der Waals surface area (Å²) in [4.78, 5) is 14.7. The molecule has 0 aromatic heterocycles. The van der Waals surface area contributed by atoms with Gasteiger partial charge in [-0.15, -0.1) is 0 Å². The van der Waals surface area contributed by atoms with Crippen LogP contribution in [0.2, 0.25) is 0 Å². The van der Waals surface area contributed by atoms with Gasteiger partial charge in [0.2, 0.25) is 10.0 Å². The number of nitrogens with zero attached hydrogens (tertiary/aromatic N) is 1. The van der Waals surface area contributed by atoms with Gasteiger partial charge >= 0.3 is 0 Å². The summed E-state index contributed by atoms with van der Waals surface area (Å²) < 4.78 is 56.8. The Labute approximate surface area is 196 Å². The van der Waals surface area contributed by atoms with Gasteiger partial charge in [-0.25, -0.2) is 21.6 Å². The highest BCUT2D eigenvalue weighted by Gasteiger charge is 2.24. The zero-order valence-corrected chi connectivity index (χ0v) is 21.5. The number of amides is 1. The summed E-state index contributed by atoms with van der Waals surface area (Å²) in [6.45, 7) is 7.66. The maximum atomic E-state index is 13.0. The average molecular weight is 497 g/mol. The molecule has 0 aliphatic rings. The molecule has 33 heavy (non-hydrogen) atoms. The molecular weight excluding hydrogens is 464 g/mol. The van der Waals surface area contributed by atoms with Crippen LogP contribution in [0.15, 0.2) is 52.3 Å². The van der Waals surface area contributed by atoms with Crippen LogP contribution < -0.4 is 9.46 Å². The Morgan fingerprint density at radius 1 is 1.03 bits per heavy atom. The molecule has 2 aromatic carbocycles. The van der Waals surface area contributed by atoms with Crippen molar-refractivity contribution in [3.05, 3.63) is 53.6 Å². The number of hydrogen-bond donors (Lipinski definition) is 1. The van der Waals surface area contributed by atoms with Crippen LogP contribution in [-0.4, -0.2) is 59.6 Å². The highest BCUT2D eigenvalue weighted by molar-refractivity contribution is 7.90. The van der Waals surface area contributed by atoms with E-state index in [1.54, 1.807) is 52.9 Å². The Morgan fingerprint density at radius 2 is 1.70 bits per heavy atom. The minimum absolute atomic E-state index is 0.0360. The molecule has 2 rings (SSSR count). The number of sulfonamides is 1. The highest BCUT2D eigenvalue weighted by atomic mass is 32.2. The SMILES string of the molecule is Cc1ccc(S(=O)(=O)NC(C)(C)C)cc1C(=O)N(C)CCCOc1cccc(S(C)(=O)=O)c1. The number of rotatable bonds is 9. The molecule has 8 nitrogen and oxygen atoms in total. The fraction of sp³-hybridized carbons (Fsp3) is 0.435. The van der Waals surface area contributed by atoms with Gasteiger partial charge < -0.3 is 9.64 Å². The van der Waals surface area contributed by atoms with Crippen molar-refractivity contribution in [1.82, 2.24) is 9.62 Å². The lowest BCUT2D eigenvalue weighted by molar-refractivity contribution is 0.0787. The second-order valence-corrected chi connectivity index (χ2v) is 12.7. The smallest absolute Gasteiger partial charge is 0.253 e. The minimum Gasteiger partial charge on any atom is -0.493 e. The first-order chi connectivity index (χ1) is 15.1. The summed E-state index contributed by atoms with van der Waals surface area (Å²) in [5.41, 5.74) is 0.345. The first-order valence-electron chi connectivity index (χ1n) is 10.4. The summed E-state index contributed by atoms with van der Waals surface area (Å²) in [6.07, 6.45) is 1.64. The van der Waals surface area contributed by atoms with E-state index in [1.165, 1.54) is 29.2 Å². The van der Waals surface area contributed by atoms with Crippen molar-refractivity contribution < 1.29 is 26.4 Å². The van der Waals surface area contributed by atoms with Gasteiger partial charge in [-0.1, -0.05) is 12.1 Å². The van der Waals surface area contributed by atoms with Gasteiger partial charge in [0.25, 0.3) is 5.91 Å². The van der Waals surface area contributed by atoms with E-state index in [0.717, 1.165) is 6.26 Å². The Morgan fingerprint density at radius 3 is 2.30 bits per heavy atom. The van der Waals surface area contributed by atoms with Gasteiger partial charge in [-0.3, -0.25) is 4.79 Å². The quantitative estimate of drug-likeness (QED) is 0.535. The van der Waals surface area contributed by atoms with E-state index in [9.17, 15) is 21.6 Å². The second kappa shape index (κ2) is 10.2. The molecule has 0 saturated heterocycles. The molecule has 0 radical (unpaired) electrons. The van der Waals surface area contributed by atoms with E-state index in [-0.39, 0.29) is 22.3 Å². The molecule has 0 aliphatic heterocycles.